The van der Waals surface area contributed by atoms with Gasteiger partial charge in [-0.15, -0.1) is 0 Å². The summed E-state index contributed by atoms with van der Waals surface area (Å²) in [4.78, 5) is 0. The number of aliphatic hydroxyl groups is 3. The van der Waals surface area contributed by atoms with Crippen LogP contribution < -0.4 is 0 Å². The second-order valence-electron chi connectivity index (χ2n) is 2.53. The summed E-state index contributed by atoms with van der Waals surface area (Å²) >= 11 is 0. The summed E-state index contributed by atoms with van der Waals surface area (Å²) in [5, 5.41) is 26.7. The van der Waals surface area contributed by atoms with E-state index in [2.05, 4.69) is 0 Å². The van der Waals surface area contributed by atoms with Crippen LogP contribution in [0.2, 0.25) is 0 Å². The minimum absolute atomic E-state index is 0.107. The Morgan fingerprint density at radius 3 is 1.67 bits per heavy atom. The van der Waals surface area contributed by atoms with Gasteiger partial charge in [0.05, 0.1) is 19.8 Å². The van der Waals surface area contributed by atoms with E-state index >= 15 is 0 Å². The molecule has 0 aliphatic rings. The van der Waals surface area contributed by atoms with Gasteiger partial charge < -0.3 is 15.3 Å². The van der Waals surface area contributed by atoms with Crippen LogP contribution in [0.5, 0.6) is 0 Å². The van der Waals surface area contributed by atoms with Gasteiger partial charge in [0.25, 0.3) is 0 Å². The molecular formula is C9H12O3. The van der Waals surface area contributed by atoms with E-state index in [0.717, 1.165) is 0 Å². The van der Waals surface area contributed by atoms with Gasteiger partial charge in [0.1, 0.15) is 0 Å². The molecule has 0 amide bonds. The lowest BCUT2D eigenvalue weighted by Crippen LogP contribution is -1.99. The highest BCUT2D eigenvalue weighted by molar-refractivity contribution is 5.33. The molecular weight excluding hydrogens is 156 g/mol. The maximum atomic E-state index is 8.94. The summed E-state index contributed by atoms with van der Waals surface area (Å²) < 4.78 is 0. The number of aliphatic hydroxyl groups excluding tert-OH is 3. The molecule has 0 atom stereocenters. The largest absolute Gasteiger partial charge is 0.392 e. The van der Waals surface area contributed by atoms with Gasteiger partial charge in [-0.05, 0) is 16.7 Å². The van der Waals surface area contributed by atoms with E-state index < -0.39 is 0 Å². The number of rotatable bonds is 3. The first-order valence-electron chi connectivity index (χ1n) is 3.75. The molecule has 0 saturated heterocycles. The van der Waals surface area contributed by atoms with Crippen molar-refractivity contribution in [2.45, 2.75) is 19.8 Å². The second kappa shape index (κ2) is 4.21. The lowest BCUT2D eigenvalue weighted by molar-refractivity contribution is 0.247. The first-order valence-corrected chi connectivity index (χ1v) is 3.75. The lowest BCUT2D eigenvalue weighted by atomic mass is 10.0. The first kappa shape index (κ1) is 9.19. The molecule has 3 heteroatoms. The van der Waals surface area contributed by atoms with Gasteiger partial charge in [0.2, 0.25) is 0 Å². The molecule has 66 valence electrons. The lowest BCUT2D eigenvalue weighted by Gasteiger charge is -2.08. The van der Waals surface area contributed by atoms with Crippen LogP contribution in [-0.4, -0.2) is 15.3 Å². The first-order chi connectivity index (χ1) is 5.83. The van der Waals surface area contributed by atoms with Crippen LogP contribution in [0.15, 0.2) is 18.2 Å². The van der Waals surface area contributed by atoms with E-state index in [0.29, 0.717) is 16.7 Å². The van der Waals surface area contributed by atoms with E-state index in [1.807, 2.05) is 0 Å². The van der Waals surface area contributed by atoms with Crippen LogP contribution >= 0.6 is 0 Å². The molecule has 0 unspecified atom stereocenters. The summed E-state index contributed by atoms with van der Waals surface area (Å²) in [7, 11) is 0. The van der Waals surface area contributed by atoms with Crippen molar-refractivity contribution in [3.05, 3.63) is 34.9 Å². The normalized spacial score (nSPS) is 10.2. The molecule has 0 radical (unpaired) electrons. The molecule has 12 heavy (non-hydrogen) atoms. The van der Waals surface area contributed by atoms with Crippen molar-refractivity contribution in [2.75, 3.05) is 0 Å². The second-order valence-corrected chi connectivity index (χ2v) is 2.53. The Labute approximate surface area is 70.9 Å². The van der Waals surface area contributed by atoms with Crippen molar-refractivity contribution in [2.24, 2.45) is 0 Å². The predicted octanol–water partition coefficient (Wildman–Crippen LogP) is 0.163. The van der Waals surface area contributed by atoms with E-state index in [-0.39, 0.29) is 19.8 Å². The molecule has 0 spiro atoms. The molecule has 0 fully saturated rings. The fraction of sp³-hybridized carbons (Fsp3) is 0.333. The predicted molar refractivity (Wildman–Crippen MR) is 44.2 cm³/mol. The Morgan fingerprint density at radius 1 is 0.833 bits per heavy atom. The Kier molecular flexibility index (Phi) is 3.22. The molecule has 3 N–H and O–H groups in total. The zero-order chi connectivity index (χ0) is 8.97. The summed E-state index contributed by atoms with van der Waals surface area (Å²) in [6.45, 7) is -0.361. The van der Waals surface area contributed by atoms with E-state index in [1.165, 1.54) is 0 Å². The fourth-order valence-electron chi connectivity index (χ4n) is 1.19. The van der Waals surface area contributed by atoms with Gasteiger partial charge in [-0.25, -0.2) is 0 Å². The van der Waals surface area contributed by atoms with Crippen molar-refractivity contribution in [1.29, 1.82) is 0 Å². The van der Waals surface area contributed by atoms with E-state index in [1.54, 1.807) is 18.2 Å². The summed E-state index contributed by atoms with van der Waals surface area (Å²) in [6.07, 6.45) is 0. The molecule has 0 aliphatic carbocycles. The van der Waals surface area contributed by atoms with Gasteiger partial charge >= 0.3 is 0 Å². The summed E-state index contributed by atoms with van der Waals surface area (Å²) in [5.41, 5.74) is 1.97. The van der Waals surface area contributed by atoms with Crippen molar-refractivity contribution in [1.82, 2.24) is 0 Å². The van der Waals surface area contributed by atoms with E-state index in [9.17, 15) is 0 Å². The Bertz CT molecular complexity index is 236. The van der Waals surface area contributed by atoms with Crippen molar-refractivity contribution >= 4 is 0 Å². The van der Waals surface area contributed by atoms with Crippen molar-refractivity contribution in [3.8, 4) is 0 Å². The van der Waals surface area contributed by atoms with Crippen LogP contribution in [0.25, 0.3) is 0 Å². The van der Waals surface area contributed by atoms with Crippen LogP contribution in [-0.2, 0) is 19.8 Å². The molecule has 1 aromatic rings. The monoisotopic (exact) mass is 168 g/mol. The Balaban J connectivity index is 3.13. The van der Waals surface area contributed by atoms with Gasteiger partial charge in [-0.1, -0.05) is 18.2 Å². The third kappa shape index (κ3) is 1.64. The standard InChI is InChI=1S/C9H12O3/c10-4-7-2-1-3-8(5-11)9(7)6-12/h1-3,10-12H,4-6H2. The van der Waals surface area contributed by atoms with Crippen molar-refractivity contribution < 1.29 is 15.3 Å². The molecule has 0 saturated carbocycles. The van der Waals surface area contributed by atoms with Gasteiger partial charge in [-0.3, -0.25) is 0 Å². The Hall–Kier alpha value is -0.900. The van der Waals surface area contributed by atoms with Crippen LogP contribution in [0, 0.1) is 0 Å². The van der Waals surface area contributed by atoms with E-state index in [4.69, 9.17) is 15.3 Å². The maximum Gasteiger partial charge on any atom is 0.0688 e. The summed E-state index contributed by atoms with van der Waals surface area (Å²) in [6, 6.07) is 5.20. The van der Waals surface area contributed by atoms with Gasteiger partial charge in [-0.2, -0.15) is 0 Å². The molecule has 1 aromatic carbocycles. The molecule has 1 rings (SSSR count). The van der Waals surface area contributed by atoms with Crippen LogP contribution in [0.4, 0.5) is 0 Å². The number of hydrogen-bond acceptors (Lipinski definition) is 3. The average Bonchev–Trinajstić information content (AvgIpc) is 2.16. The maximum absolute atomic E-state index is 8.94. The third-order valence-corrected chi connectivity index (χ3v) is 1.87. The molecule has 0 bridgehead atoms. The van der Waals surface area contributed by atoms with Crippen LogP contribution in [0.1, 0.15) is 16.7 Å². The SMILES string of the molecule is OCc1cccc(CO)c1CO. The molecule has 0 heterocycles. The topological polar surface area (TPSA) is 60.7 Å². The highest BCUT2D eigenvalue weighted by Crippen LogP contribution is 2.14. The highest BCUT2D eigenvalue weighted by atomic mass is 16.3. The molecule has 3 nitrogen and oxygen atoms in total. The van der Waals surface area contributed by atoms with Gasteiger partial charge in [0.15, 0.2) is 0 Å². The average molecular weight is 168 g/mol. The highest BCUT2D eigenvalue weighted by Gasteiger charge is 2.04. The number of benzene rings is 1. The third-order valence-electron chi connectivity index (χ3n) is 1.87. The summed E-state index contributed by atoms with van der Waals surface area (Å²) in [5.74, 6) is 0. The van der Waals surface area contributed by atoms with Gasteiger partial charge in [0, 0.05) is 0 Å². The molecule has 0 aliphatic heterocycles. The van der Waals surface area contributed by atoms with Crippen LogP contribution in [0.3, 0.4) is 0 Å². The minimum atomic E-state index is -0.146. The number of hydrogen-bond donors (Lipinski definition) is 3. The zero-order valence-electron chi connectivity index (χ0n) is 6.70. The zero-order valence-corrected chi connectivity index (χ0v) is 6.70. The fourth-order valence-corrected chi connectivity index (χ4v) is 1.19. The smallest absolute Gasteiger partial charge is 0.0688 e. The minimum Gasteiger partial charge on any atom is -0.392 e. The van der Waals surface area contributed by atoms with Crippen molar-refractivity contribution in [3.63, 3.8) is 0 Å². The quantitative estimate of drug-likeness (QED) is 0.602. The Morgan fingerprint density at radius 2 is 1.33 bits per heavy atom. The molecule has 0 aromatic heterocycles.